The third kappa shape index (κ3) is 7.98. The van der Waals surface area contributed by atoms with Gasteiger partial charge in [0.15, 0.2) is 0 Å². The predicted molar refractivity (Wildman–Crippen MR) is 78.8 cm³/mol. The molecule has 0 aliphatic heterocycles. The maximum Gasteiger partial charge on any atom is 0.303 e. The van der Waals surface area contributed by atoms with Crippen molar-refractivity contribution in [3.05, 3.63) is 18.5 Å². The van der Waals surface area contributed by atoms with Crippen LogP contribution in [-0.4, -0.2) is 40.0 Å². The number of anilines is 1. The van der Waals surface area contributed by atoms with E-state index in [1.165, 1.54) is 0 Å². The van der Waals surface area contributed by atoms with Crippen molar-refractivity contribution in [1.29, 1.82) is 0 Å². The van der Waals surface area contributed by atoms with Gasteiger partial charge in [0.25, 0.3) is 0 Å². The molecule has 0 aliphatic rings. The number of aromatic nitrogens is 2. The van der Waals surface area contributed by atoms with Crippen molar-refractivity contribution in [1.82, 2.24) is 15.3 Å². The van der Waals surface area contributed by atoms with Gasteiger partial charge in [-0.05, 0) is 30.9 Å². The number of nitrogens with zero attached hydrogens (tertiary/aromatic N) is 2. The van der Waals surface area contributed by atoms with E-state index >= 15 is 0 Å². The Morgan fingerprint density at radius 3 is 2.52 bits per heavy atom. The number of hydrogen-bond donors (Lipinski definition) is 3. The summed E-state index contributed by atoms with van der Waals surface area (Å²) in [6.07, 6.45) is 4.70. The number of carbonyl (C=O) groups is 2. The Morgan fingerprint density at radius 1 is 1.24 bits per heavy atom. The Balaban J connectivity index is 2.18. The highest BCUT2D eigenvalue weighted by atomic mass is 16.4. The van der Waals surface area contributed by atoms with Gasteiger partial charge in [0.2, 0.25) is 11.9 Å². The lowest BCUT2D eigenvalue weighted by molar-refractivity contribution is -0.137. The summed E-state index contributed by atoms with van der Waals surface area (Å²) in [5.41, 5.74) is -0.0651. The van der Waals surface area contributed by atoms with Crippen LogP contribution < -0.4 is 10.6 Å². The second-order valence-corrected chi connectivity index (χ2v) is 5.61. The fourth-order valence-corrected chi connectivity index (χ4v) is 1.73. The number of carbonyl (C=O) groups excluding carboxylic acids is 1. The van der Waals surface area contributed by atoms with E-state index in [0.29, 0.717) is 13.0 Å². The normalized spacial score (nSPS) is 11.1. The summed E-state index contributed by atoms with van der Waals surface area (Å²) in [5, 5.41) is 14.3. The van der Waals surface area contributed by atoms with Crippen LogP contribution in [0.3, 0.4) is 0 Å². The molecule has 0 aromatic carbocycles. The van der Waals surface area contributed by atoms with Gasteiger partial charge >= 0.3 is 5.97 Å². The number of carboxylic acid groups (broad SMARTS) is 1. The van der Waals surface area contributed by atoms with Crippen LogP contribution in [0.5, 0.6) is 0 Å². The van der Waals surface area contributed by atoms with Crippen molar-refractivity contribution in [3.63, 3.8) is 0 Å². The van der Waals surface area contributed by atoms with Crippen LogP contribution >= 0.6 is 0 Å². The minimum atomic E-state index is -0.779. The molecule has 1 aromatic rings. The van der Waals surface area contributed by atoms with E-state index in [0.717, 1.165) is 6.42 Å². The van der Waals surface area contributed by atoms with Gasteiger partial charge in [0, 0.05) is 18.8 Å². The lowest BCUT2D eigenvalue weighted by Gasteiger charge is -2.23. The maximum atomic E-state index is 11.6. The first-order chi connectivity index (χ1) is 9.89. The van der Waals surface area contributed by atoms with Gasteiger partial charge in [-0.2, -0.15) is 0 Å². The molecule has 0 bridgehead atoms. The van der Waals surface area contributed by atoms with Crippen LogP contribution in [0.25, 0.3) is 0 Å². The van der Waals surface area contributed by atoms with E-state index in [-0.39, 0.29) is 30.2 Å². The van der Waals surface area contributed by atoms with Gasteiger partial charge in [-0.3, -0.25) is 14.9 Å². The molecule has 0 saturated carbocycles. The van der Waals surface area contributed by atoms with Gasteiger partial charge in [-0.25, -0.2) is 9.97 Å². The largest absolute Gasteiger partial charge is 0.481 e. The van der Waals surface area contributed by atoms with E-state index in [1.807, 2.05) is 13.8 Å². The van der Waals surface area contributed by atoms with E-state index < -0.39 is 5.97 Å². The first-order valence-corrected chi connectivity index (χ1v) is 6.88. The topological polar surface area (TPSA) is 104 Å². The van der Waals surface area contributed by atoms with Crippen LogP contribution in [0.1, 0.15) is 33.1 Å². The second-order valence-electron chi connectivity index (χ2n) is 5.61. The number of carboxylic acids is 1. The lowest BCUT2D eigenvalue weighted by Crippen LogP contribution is -2.31. The number of rotatable bonds is 9. The third-order valence-corrected chi connectivity index (χ3v) is 3.10. The highest BCUT2D eigenvalue weighted by Gasteiger charge is 2.18. The molecule has 1 aromatic heterocycles. The molecule has 7 nitrogen and oxygen atoms in total. The predicted octanol–water partition coefficient (Wildman–Crippen LogP) is 1.29. The number of aliphatic carboxylic acids is 1. The fourth-order valence-electron chi connectivity index (χ4n) is 1.73. The number of amides is 1. The third-order valence-electron chi connectivity index (χ3n) is 3.10. The van der Waals surface area contributed by atoms with E-state index in [2.05, 4.69) is 20.6 Å². The zero-order chi connectivity index (χ0) is 15.7. The zero-order valence-corrected chi connectivity index (χ0v) is 12.4. The van der Waals surface area contributed by atoms with Crippen LogP contribution in [0.15, 0.2) is 18.5 Å². The monoisotopic (exact) mass is 294 g/mol. The zero-order valence-electron chi connectivity index (χ0n) is 12.4. The highest BCUT2D eigenvalue weighted by Crippen LogP contribution is 2.25. The number of hydrogen-bond acceptors (Lipinski definition) is 5. The van der Waals surface area contributed by atoms with Crippen molar-refractivity contribution in [2.45, 2.75) is 33.1 Å². The van der Waals surface area contributed by atoms with Crippen molar-refractivity contribution in [2.24, 2.45) is 5.41 Å². The van der Waals surface area contributed by atoms with E-state index in [9.17, 15) is 9.59 Å². The van der Waals surface area contributed by atoms with Crippen molar-refractivity contribution >= 4 is 17.8 Å². The fraction of sp³-hybridized carbons (Fsp3) is 0.571. The Hall–Kier alpha value is -2.02. The Morgan fingerprint density at radius 2 is 1.90 bits per heavy atom. The standard InChI is InChI=1S/C14H22N4O3/c1-14(2,5-4-12(20)21)6-9-15-10-11(19)18-13-16-7-3-8-17-13/h3,7-8,15H,4-6,9-10H2,1-2H3,(H,20,21)(H,16,17,18,19). The molecule has 0 radical (unpaired) electrons. The molecule has 1 heterocycles. The summed E-state index contributed by atoms with van der Waals surface area (Å²) in [6, 6.07) is 1.67. The number of nitrogens with one attached hydrogen (secondary N) is 2. The van der Waals surface area contributed by atoms with Crippen molar-refractivity contribution in [2.75, 3.05) is 18.4 Å². The first-order valence-electron chi connectivity index (χ1n) is 6.88. The van der Waals surface area contributed by atoms with E-state index in [4.69, 9.17) is 5.11 Å². The molecule has 0 unspecified atom stereocenters. The molecule has 116 valence electrons. The summed E-state index contributed by atoms with van der Waals surface area (Å²) < 4.78 is 0. The molecule has 21 heavy (non-hydrogen) atoms. The van der Waals surface area contributed by atoms with Gasteiger partial charge < -0.3 is 10.4 Å². The average molecular weight is 294 g/mol. The molecule has 1 amide bonds. The molecule has 0 aliphatic carbocycles. The second kappa shape index (κ2) is 8.31. The molecular formula is C14H22N4O3. The van der Waals surface area contributed by atoms with Gasteiger partial charge in [-0.15, -0.1) is 0 Å². The smallest absolute Gasteiger partial charge is 0.303 e. The quantitative estimate of drug-likeness (QED) is 0.593. The molecule has 0 fully saturated rings. The summed E-state index contributed by atoms with van der Waals surface area (Å²) in [7, 11) is 0. The average Bonchev–Trinajstić information content (AvgIpc) is 2.43. The molecule has 7 heteroatoms. The van der Waals surface area contributed by atoms with Crippen molar-refractivity contribution < 1.29 is 14.7 Å². The summed E-state index contributed by atoms with van der Waals surface area (Å²) >= 11 is 0. The van der Waals surface area contributed by atoms with E-state index in [1.54, 1.807) is 18.5 Å². The van der Waals surface area contributed by atoms with Gasteiger partial charge in [0.05, 0.1) is 6.54 Å². The van der Waals surface area contributed by atoms with Gasteiger partial charge in [0.1, 0.15) is 0 Å². The molecule has 0 spiro atoms. The Kier molecular flexibility index (Phi) is 6.74. The van der Waals surface area contributed by atoms with Crippen molar-refractivity contribution in [3.8, 4) is 0 Å². The summed E-state index contributed by atoms with van der Waals surface area (Å²) in [4.78, 5) is 30.0. The first kappa shape index (κ1) is 17.0. The van der Waals surface area contributed by atoms with Crippen LogP contribution in [-0.2, 0) is 9.59 Å². The highest BCUT2D eigenvalue weighted by molar-refractivity contribution is 5.90. The lowest BCUT2D eigenvalue weighted by atomic mass is 9.84. The summed E-state index contributed by atoms with van der Waals surface area (Å²) in [6.45, 7) is 4.87. The minimum Gasteiger partial charge on any atom is -0.481 e. The minimum absolute atomic E-state index is 0.0651. The molecule has 1 rings (SSSR count). The molecular weight excluding hydrogens is 272 g/mol. The molecule has 0 saturated heterocycles. The Labute approximate surface area is 124 Å². The van der Waals surface area contributed by atoms with Crippen LogP contribution in [0.2, 0.25) is 0 Å². The maximum absolute atomic E-state index is 11.6. The molecule has 0 atom stereocenters. The SMILES string of the molecule is CC(C)(CCNCC(=O)Nc1ncccn1)CCC(=O)O. The summed E-state index contributed by atoms with van der Waals surface area (Å²) in [5.74, 6) is -0.700. The van der Waals surface area contributed by atoms with Crippen LogP contribution in [0.4, 0.5) is 5.95 Å². The Bertz CT molecular complexity index is 463. The molecule has 3 N–H and O–H groups in total. The van der Waals surface area contributed by atoms with Gasteiger partial charge in [-0.1, -0.05) is 13.8 Å². The van der Waals surface area contributed by atoms with Crippen LogP contribution in [0, 0.1) is 5.41 Å².